The van der Waals surface area contributed by atoms with Crippen LogP contribution in [0.3, 0.4) is 0 Å². The monoisotopic (exact) mass is 152 g/mol. The molecule has 0 aliphatic rings. The number of aromatic amines is 1. The van der Waals surface area contributed by atoms with Crippen LogP contribution in [0.15, 0.2) is 4.79 Å². The van der Waals surface area contributed by atoms with Crippen molar-refractivity contribution in [3.8, 4) is 0 Å². The normalized spacial score (nSPS) is 10.1. The van der Waals surface area contributed by atoms with Crippen LogP contribution in [0.25, 0.3) is 0 Å². The summed E-state index contributed by atoms with van der Waals surface area (Å²) in [6.07, 6.45) is 0.865. The zero-order chi connectivity index (χ0) is 8.43. The summed E-state index contributed by atoms with van der Waals surface area (Å²) in [5.74, 6) is 0. The molecule has 1 rings (SSSR count). The Morgan fingerprint density at radius 3 is 2.64 bits per heavy atom. The number of aryl methyl sites for hydroxylation is 3. The van der Waals surface area contributed by atoms with Crippen LogP contribution in [0.4, 0.5) is 0 Å². The quantitative estimate of drug-likeness (QED) is 0.651. The van der Waals surface area contributed by atoms with E-state index in [1.165, 1.54) is 0 Å². The molecule has 0 fully saturated rings. The van der Waals surface area contributed by atoms with Gasteiger partial charge in [-0.1, -0.05) is 6.92 Å². The fraction of sp³-hybridized carbons (Fsp3) is 0.500. The minimum atomic E-state index is -0.0836. The Balaban J connectivity index is 3.32. The zero-order valence-corrected chi connectivity index (χ0v) is 7.06. The van der Waals surface area contributed by atoms with Gasteiger partial charge in [0, 0.05) is 5.69 Å². The fourth-order valence-corrected chi connectivity index (χ4v) is 1.01. The molecule has 11 heavy (non-hydrogen) atoms. The highest BCUT2D eigenvalue weighted by molar-refractivity contribution is 5.11. The molecule has 1 N–H and O–H groups in total. The Labute approximate surface area is 65.5 Å². The molecule has 1 heterocycles. The average Bonchev–Trinajstić information content (AvgIpc) is 1.97. The van der Waals surface area contributed by atoms with E-state index in [4.69, 9.17) is 0 Å². The summed E-state index contributed by atoms with van der Waals surface area (Å²) >= 11 is 0. The van der Waals surface area contributed by atoms with E-state index in [-0.39, 0.29) is 5.56 Å². The van der Waals surface area contributed by atoms with E-state index in [9.17, 15) is 4.79 Å². The third-order valence-corrected chi connectivity index (χ3v) is 1.70. The third-order valence-electron chi connectivity index (χ3n) is 1.70. The summed E-state index contributed by atoms with van der Waals surface area (Å²) in [5.41, 5.74) is 2.32. The Hall–Kier alpha value is -1.12. The molecule has 0 saturated heterocycles. The largest absolute Gasteiger partial charge is 0.323 e. The third kappa shape index (κ3) is 1.48. The SMILES string of the molecule is CCc1nc(C)c(=O)[nH]c1C. The summed E-state index contributed by atoms with van der Waals surface area (Å²) in [5, 5.41) is 0. The number of hydrogen-bond donors (Lipinski definition) is 1. The number of nitrogens with one attached hydrogen (secondary N) is 1. The Morgan fingerprint density at radius 1 is 1.45 bits per heavy atom. The molecule has 60 valence electrons. The summed E-state index contributed by atoms with van der Waals surface area (Å²) in [4.78, 5) is 17.9. The van der Waals surface area contributed by atoms with Crippen molar-refractivity contribution in [2.24, 2.45) is 0 Å². The molecule has 0 aliphatic carbocycles. The zero-order valence-electron chi connectivity index (χ0n) is 7.06. The van der Waals surface area contributed by atoms with Gasteiger partial charge in [0.15, 0.2) is 0 Å². The van der Waals surface area contributed by atoms with Gasteiger partial charge in [-0.2, -0.15) is 0 Å². The van der Waals surface area contributed by atoms with Crippen molar-refractivity contribution in [2.75, 3.05) is 0 Å². The summed E-state index contributed by atoms with van der Waals surface area (Å²) in [7, 11) is 0. The Kier molecular flexibility index (Phi) is 2.08. The van der Waals surface area contributed by atoms with Crippen molar-refractivity contribution < 1.29 is 0 Å². The van der Waals surface area contributed by atoms with Gasteiger partial charge in [0.25, 0.3) is 5.56 Å². The maximum atomic E-state index is 11.0. The van der Waals surface area contributed by atoms with E-state index in [0.717, 1.165) is 17.8 Å². The molecule has 0 atom stereocenters. The minimum Gasteiger partial charge on any atom is -0.323 e. The number of hydrogen-bond acceptors (Lipinski definition) is 2. The highest BCUT2D eigenvalue weighted by Gasteiger charge is 2.00. The predicted octanol–water partition coefficient (Wildman–Crippen LogP) is 0.949. The number of aromatic nitrogens is 2. The molecular weight excluding hydrogens is 140 g/mol. The van der Waals surface area contributed by atoms with Crippen LogP contribution in [0, 0.1) is 13.8 Å². The first-order chi connectivity index (χ1) is 5.15. The van der Waals surface area contributed by atoms with Crippen LogP contribution in [-0.4, -0.2) is 9.97 Å². The maximum Gasteiger partial charge on any atom is 0.269 e. The molecule has 0 aromatic carbocycles. The van der Waals surface area contributed by atoms with Crippen molar-refractivity contribution in [1.29, 1.82) is 0 Å². The van der Waals surface area contributed by atoms with Crippen molar-refractivity contribution in [2.45, 2.75) is 27.2 Å². The second kappa shape index (κ2) is 2.86. The fourth-order valence-electron chi connectivity index (χ4n) is 1.01. The van der Waals surface area contributed by atoms with E-state index in [0.29, 0.717) is 5.69 Å². The van der Waals surface area contributed by atoms with Crippen LogP contribution in [0.5, 0.6) is 0 Å². The van der Waals surface area contributed by atoms with Crippen LogP contribution in [0.1, 0.15) is 24.0 Å². The smallest absolute Gasteiger partial charge is 0.269 e. The second-order valence-corrected chi connectivity index (χ2v) is 2.58. The topological polar surface area (TPSA) is 45.8 Å². The summed E-state index contributed by atoms with van der Waals surface area (Å²) < 4.78 is 0. The van der Waals surface area contributed by atoms with E-state index in [1.54, 1.807) is 6.92 Å². The molecule has 0 amide bonds. The van der Waals surface area contributed by atoms with Crippen molar-refractivity contribution in [3.05, 3.63) is 27.4 Å². The van der Waals surface area contributed by atoms with Gasteiger partial charge in [-0.25, -0.2) is 0 Å². The molecule has 1 aromatic heterocycles. The van der Waals surface area contributed by atoms with Gasteiger partial charge in [-0.3, -0.25) is 9.78 Å². The highest BCUT2D eigenvalue weighted by atomic mass is 16.1. The lowest BCUT2D eigenvalue weighted by Gasteiger charge is -2.01. The first-order valence-corrected chi connectivity index (χ1v) is 3.71. The number of H-pyrrole nitrogens is 1. The standard InChI is InChI=1S/C8H12N2O/c1-4-7-5(2)10-8(11)6(3)9-7/h4H2,1-3H3,(H,10,11). The van der Waals surface area contributed by atoms with Gasteiger partial charge in [0.2, 0.25) is 0 Å². The van der Waals surface area contributed by atoms with Gasteiger partial charge >= 0.3 is 0 Å². The molecule has 0 spiro atoms. The minimum absolute atomic E-state index is 0.0836. The van der Waals surface area contributed by atoms with Crippen LogP contribution >= 0.6 is 0 Å². The van der Waals surface area contributed by atoms with E-state index >= 15 is 0 Å². The van der Waals surface area contributed by atoms with E-state index in [2.05, 4.69) is 9.97 Å². The number of nitrogens with zero attached hydrogens (tertiary/aromatic N) is 1. The lowest BCUT2D eigenvalue weighted by molar-refractivity contribution is 0.907. The predicted molar refractivity (Wildman–Crippen MR) is 43.7 cm³/mol. The summed E-state index contributed by atoms with van der Waals surface area (Å²) in [6, 6.07) is 0. The number of rotatable bonds is 1. The Morgan fingerprint density at radius 2 is 2.09 bits per heavy atom. The van der Waals surface area contributed by atoms with Gasteiger partial charge in [0.05, 0.1) is 5.69 Å². The molecule has 0 bridgehead atoms. The molecule has 0 aliphatic heterocycles. The molecule has 3 nitrogen and oxygen atoms in total. The van der Waals surface area contributed by atoms with Crippen molar-refractivity contribution >= 4 is 0 Å². The summed E-state index contributed by atoms with van der Waals surface area (Å²) in [6.45, 7) is 5.61. The van der Waals surface area contributed by atoms with Crippen molar-refractivity contribution in [3.63, 3.8) is 0 Å². The maximum absolute atomic E-state index is 11.0. The first kappa shape index (κ1) is 7.98. The van der Waals surface area contributed by atoms with E-state index in [1.807, 2.05) is 13.8 Å². The highest BCUT2D eigenvalue weighted by Crippen LogP contribution is 1.98. The van der Waals surface area contributed by atoms with Crippen molar-refractivity contribution in [1.82, 2.24) is 9.97 Å². The van der Waals surface area contributed by atoms with Gasteiger partial charge in [-0.05, 0) is 20.3 Å². The van der Waals surface area contributed by atoms with Crippen LogP contribution in [0.2, 0.25) is 0 Å². The first-order valence-electron chi connectivity index (χ1n) is 3.71. The molecule has 3 heteroatoms. The van der Waals surface area contributed by atoms with Gasteiger partial charge in [-0.15, -0.1) is 0 Å². The molecular formula is C8H12N2O. The van der Waals surface area contributed by atoms with Gasteiger partial charge < -0.3 is 4.98 Å². The van der Waals surface area contributed by atoms with E-state index < -0.39 is 0 Å². The molecule has 0 saturated carbocycles. The lowest BCUT2D eigenvalue weighted by Crippen LogP contribution is -2.15. The lowest BCUT2D eigenvalue weighted by atomic mass is 10.2. The van der Waals surface area contributed by atoms with Crippen LogP contribution in [-0.2, 0) is 6.42 Å². The van der Waals surface area contributed by atoms with Gasteiger partial charge in [0.1, 0.15) is 5.69 Å². The molecule has 0 radical (unpaired) electrons. The Bertz CT molecular complexity index is 314. The van der Waals surface area contributed by atoms with Crippen LogP contribution < -0.4 is 5.56 Å². The average molecular weight is 152 g/mol. The molecule has 0 unspecified atom stereocenters. The second-order valence-electron chi connectivity index (χ2n) is 2.58. The molecule has 1 aromatic rings.